The van der Waals surface area contributed by atoms with Crippen molar-refractivity contribution in [3.63, 3.8) is 0 Å². The highest BCUT2D eigenvalue weighted by molar-refractivity contribution is 6.34. The fourth-order valence-corrected chi connectivity index (χ4v) is 1.71. The summed E-state index contributed by atoms with van der Waals surface area (Å²) in [6.07, 6.45) is 1.15. The van der Waals surface area contributed by atoms with Gasteiger partial charge >= 0.3 is 5.69 Å². The Morgan fingerprint density at radius 3 is 2.84 bits per heavy atom. The second-order valence-electron chi connectivity index (χ2n) is 3.77. The minimum Gasteiger partial charge on any atom is -0.378 e. The van der Waals surface area contributed by atoms with E-state index in [0.29, 0.717) is 10.7 Å². The molecular formula is C11H10ClN5O2. The number of anilines is 3. The lowest BCUT2D eigenvalue weighted by atomic mass is 10.2. The lowest BCUT2D eigenvalue weighted by molar-refractivity contribution is -0.383. The number of aryl methyl sites for hydroxylation is 1. The highest BCUT2D eigenvalue weighted by atomic mass is 35.5. The third kappa shape index (κ3) is 2.55. The number of rotatable bonds is 3. The molecule has 0 aliphatic carbocycles. The minimum atomic E-state index is -0.638. The van der Waals surface area contributed by atoms with Gasteiger partial charge in [0.25, 0.3) is 0 Å². The summed E-state index contributed by atoms with van der Waals surface area (Å²) < 4.78 is 0. The van der Waals surface area contributed by atoms with Crippen LogP contribution in [0.25, 0.3) is 0 Å². The van der Waals surface area contributed by atoms with Gasteiger partial charge in [0.05, 0.1) is 15.6 Å². The number of nitrogens with two attached hydrogens (primary N) is 1. The van der Waals surface area contributed by atoms with Crippen LogP contribution in [0.1, 0.15) is 5.56 Å². The Morgan fingerprint density at radius 2 is 2.16 bits per heavy atom. The van der Waals surface area contributed by atoms with Crippen molar-refractivity contribution in [2.45, 2.75) is 6.92 Å². The number of nitrogens with one attached hydrogen (secondary N) is 1. The predicted octanol–water partition coefficient (Wildman–Crippen LogP) is 2.67. The largest absolute Gasteiger partial charge is 0.378 e. The molecule has 2 aromatic rings. The Morgan fingerprint density at radius 1 is 1.42 bits per heavy atom. The van der Waals surface area contributed by atoms with Crippen LogP contribution in [0.3, 0.4) is 0 Å². The van der Waals surface area contributed by atoms with Crippen LogP contribution >= 0.6 is 11.6 Å². The summed E-state index contributed by atoms with van der Waals surface area (Å²) in [5.74, 6) is -0.198. The van der Waals surface area contributed by atoms with Crippen molar-refractivity contribution in [1.29, 1.82) is 0 Å². The summed E-state index contributed by atoms with van der Waals surface area (Å²) in [5, 5.41) is 14.2. The van der Waals surface area contributed by atoms with Crippen LogP contribution in [-0.2, 0) is 0 Å². The summed E-state index contributed by atoms with van der Waals surface area (Å²) in [5.41, 5.74) is 6.46. The molecule has 19 heavy (non-hydrogen) atoms. The maximum atomic E-state index is 11.0. The van der Waals surface area contributed by atoms with Crippen LogP contribution in [0.4, 0.5) is 23.0 Å². The first-order chi connectivity index (χ1) is 9.00. The van der Waals surface area contributed by atoms with Gasteiger partial charge in [0, 0.05) is 0 Å². The first-order valence-electron chi connectivity index (χ1n) is 5.27. The summed E-state index contributed by atoms with van der Waals surface area (Å²) >= 11 is 6.11. The van der Waals surface area contributed by atoms with Crippen LogP contribution < -0.4 is 11.1 Å². The topological polar surface area (TPSA) is 107 Å². The average Bonchev–Trinajstić information content (AvgIpc) is 2.34. The summed E-state index contributed by atoms with van der Waals surface area (Å²) in [7, 11) is 0. The Labute approximate surface area is 113 Å². The number of hydrogen-bond donors (Lipinski definition) is 2. The van der Waals surface area contributed by atoms with Crippen LogP contribution in [0.5, 0.6) is 0 Å². The lowest BCUT2D eigenvalue weighted by Gasteiger charge is -2.09. The van der Waals surface area contributed by atoms with E-state index >= 15 is 0 Å². The van der Waals surface area contributed by atoms with E-state index in [1.54, 1.807) is 12.1 Å². The van der Waals surface area contributed by atoms with Crippen molar-refractivity contribution in [1.82, 2.24) is 9.97 Å². The Bertz CT molecular complexity index is 647. The van der Waals surface area contributed by atoms with Gasteiger partial charge in [-0.3, -0.25) is 10.1 Å². The van der Waals surface area contributed by atoms with E-state index < -0.39 is 4.92 Å². The second kappa shape index (κ2) is 5.07. The third-order valence-electron chi connectivity index (χ3n) is 2.48. The first-order valence-corrected chi connectivity index (χ1v) is 5.65. The number of benzene rings is 1. The van der Waals surface area contributed by atoms with E-state index in [1.165, 1.54) is 0 Å². The molecule has 0 radical (unpaired) electrons. The molecule has 0 spiro atoms. The molecule has 2 rings (SSSR count). The normalized spacial score (nSPS) is 10.2. The molecule has 3 N–H and O–H groups in total. The smallest absolute Gasteiger partial charge is 0.353 e. The molecule has 0 unspecified atom stereocenters. The van der Waals surface area contributed by atoms with Gasteiger partial charge in [-0.15, -0.1) is 0 Å². The molecule has 0 atom stereocenters. The van der Waals surface area contributed by atoms with Gasteiger partial charge in [-0.2, -0.15) is 0 Å². The molecule has 0 saturated carbocycles. The third-order valence-corrected chi connectivity index (χ3v) is 2.98. The summed E-state index contributed by atoms with van der Waals surface area (Å²) in [6.45, 7) is 1.83. The molecular weight excluding hydrogens is 270 g/mol. The van der Waals surface area contributed by atoms with Gasteiger partial charge in [-0.1, -0.05) is 23.7 Å². The monoisotopic (exact) mass is 279 g/mol. The number of halogens is 1. The summed E-state index contributed by atoms with van der Waals surface area (Å²) in [4.78, 5) is 17.7. The average molecular weight is 280 g/mol. The van der Waals surface area contributed by atoms with Crippen LogP contribution in [0.15, 0.2) is 24.5 Å². The van der Waals surface area contributed by atoms with Gasteiger partial charge in [0.15, 0.2) is 0 Å². The number of aromatic nitrogens is 2. The number of nitrogen functional groups attached to an aromatic ring is 1. The predicted molar refractivity (Wildman–Crippen MR) is 72.6 cm³/mol. The van der Waals surface area contributed by atoms with E-state index in [4.69, 9.17) is 17.3 Å². The molecule has 0 aliphatic rings. The molecule has 1 aromatic heterocycles. The Kier molecular flexibility index (Phi) is 3.48. The van der Waals surface area contributed by atoms with Gasteiger partial charge < -0.3 is 11.1 Å². The molecule has 0 fully saturated rings. The van der Waals surface area contributed by atoms with Crippen molar-refractivity contribution in [2.24, 2.45) is 0 Å². The molecule has 0 saturated heterocycles. The molecule has 1 aromatic carbocycles. The van der Waals surface area contributed by atoms with E-state index in [9.17, 15) is 10.1 Å². The molecule has 98 valence electrons. The van der Waals surface area contributed by atoms with Crippen molar-refractivity contribution in [3.05, 3.63) is 45.2 Å². The van der Waals surface area contributed by atoms with Crippen molar-refractivity contribution < 1.29 is 4.92 Å². The van der Waals surface area contributed by atoms with Crippen molar-refractivity contribution in [2.75, 3.05) is 11.1 Å². The van der Waals surface area contributed by atoms with Gasteiger partial charge in [-0.25, -0.2) is 9.97 Å². The minimum absolute atomic E-state index is 0.00463. The van der Waals surface area contributed by atoms with Gasteiger partial charge in [0.2, 0.25) is 11.6 Å². The molecule has 8 heteroatoms. The first kappa shape index (κ1) is 13.0. The standard InChI is InChI=1S/C11H10ClN5O2/c1-6-3-2-4-7(8(6)12)16-11-9(17(18)19)10(13)14-5-15-11/h2-5H,1H3,(H3,13,14,15,16). The fourth-order valence-electron chi connectivity index (χ4n) is 1.54. The van der Waals surface area contributed by atoms with E-state index in [1.807, 2.05) is 13.0 Å². The maximum Gasteiger partial charge on any atom is 0.353 e. The Hall–Kier alpha value is -2.41. The quantitative estimate of drug-likeness (QED) is 0.661. The SMILES string of the molecule is Cc1cccc(Nc2ncnc(N)c2[N+](=O)[O-])c1Cl. The molecule has 7 nitrogen and oxygen atoms in total. The number of nitro groups is 1. The van der Waals surface area contributed by atoms with E-state index in [0.717, 1.165) is 11.9 Å². The van der Waals surface area contributed by atoms with Gasteiger partial charge in [0.1, 0.15) is 6.33 Å². The highest BCUT2D eigenvalue weighted by Crippen LogP contribution is 2.32. The van der Waals surface area contributed by atoms with Crippen LogP contribution in [-0.4, -0.2) is 14.9 Å². The van der Waals surface area contributed by atoms with E-state index in [2.05, 4.69) is 15.3 Å². The molecule has 1 heterocycles. The Balaban J connectivity index is 2.47. The number of hydrogen-bond acceptors (Lipinski definition) is 6. The number of nitrogens with zero attached hydrogens (tertiary/aromatic N) is 3. The second-order valence-corrected chi connectivity index (χ2v) is 4.15. The van der Waals surface area contributed by atoms with E-state index in [-0.39, 0.29) is 17.3 Å². The fraction of sp³-hybridized carbons (Fsp3) is 0.0909. The molecule has 0 bridgehead atoms. The van der Waals surface area contributed by atoms with Crippen LogP contribution in [0, 0.1) is 17.0 Å². The maximum absolute atomic E-state index is 11.0. The zero-order chi connectivity index (χ0) is 14.0. The highest BCUT2D eigenvalue weighted by Gasteiger charge is 2.21. The molecule has 0 amide bonds. The van der Waals surface area contributed by atoms with Crippen molar-refractivity contribution >= 4 is 34.6 Å². The molecule has 0 aliphatic heterocycles. The lowest BCUT2D eigenvalue weighted by Crippen LogP contribution is -2.05. The van der Waals surface area contributed by atoms with Crippen LogP contribution in [0.2, 0.25) is 5.02 Å². The van der Waals surface area contributed by atoms with Gasteiger partial charge in [-0.05, 0) is 18.6 Å². The van der Waals surface area contributed by atoms with Crippen molar-refractivity contribution in [3.8, 4) is 0 Å². The zero-order valence-electron chi connectivity index (χ0n) is 9.92. The summed E-state index contributed by atoms with van der Waals surface area (Å²) in [6, 6.07) is 5.30. The zero-order valence-corrected chi connectivity index (χ0v) is 10.7.